The van der Waals surface area contributed by atoms with Crippen molar-refractivity contribution in [1.29, 1.82) is 0 Å². The average molecular weight is 239 g/mol. The minimum absolute atomic E-state index is 0.106. The molecule has 0 saturated heterocycles. The third kappa shape index (κ3) is 2.96. The Morgan fingerprint density at radius 1 is 1.76 bits per heavy atom. The third-order valence-corrected chi connectivity index (χ3v) is 2.74. The van der Waals surface area contributed by atoms with Crippen LogP contribution in [0.3, 0.4) is 0 Å². The van der Waals surface area contributed by atoms with Gasteiger partial charge in [-0.3, -0.25) is 9.48 Å². The van der Waals surface area contributed by atoms with Crippen LogP contribution in [0.2, 0.25) is 0 Å². The maximum atomic E-state index is 11.6. The molecule has 0 aliphatic rings. The lowest BCUT2D eigenvalue weighted by molar-refractivity contribution is -0.122. The standard InChI is InChI=1S/C10H17N5O2/c1-6(9(11)14-17)10(16)12-4-8-5-13-15(3)7(8)2/h5-6,17H,4H2,1-3H3,(H2,11,14)(H,12,16). The van der Waals surface area contributed by atoms with Crippen LogP contribution in [0.4, 0.5) is 0 Å². The fourth-order valence-electron chi connectivity index (χ4n) is 1.27. The van der Waals surface area contributed by atoms with Crippen molar-refractivity contribution in [2.45, 2.75) is 20.4 Å². The number of nitrogens with zero attached hydrogens (tertiary/aromatic N) is 3. The number of carbonyl (C=O) groups excluding carboxylic acids is 1. The van der Waals surface area contributed by atoms with Gasteiger partial charge in [0.15, 0.2) is 5.84 Å². The van der Waals surface area contributed by atoms with Gasteiger partial charge in [0.2, 0.25) is 5.91 Å². The minimum Gasteiger partial charge on any atom is -0.409 e. The molecule has 1 amide bonds. The molecule has 0 aliphatic carbocycles. The topological polar surface area (TPSA) is 106 Å². The molecule has 1 aromatic heterocycles. The largest absolute Gasteiger partial charge is 0.409 e. The van der Waals surface area contributed by atoms with Gasteiger partial charge in [0, 0.05) is 24.8 Å². The number of carbonyl (C=O) groups is 1. The lowest BCUT2D eigenvalue weighted by Gasteiger charge is -2.10. The summed E-state index contributed by atoms with van der Waals surface area (Å²) in [5, 5.41) is 18.0. The van der Waals surface area contributed by atoms with Gasteiger partial charge in [0.25, 0.3) is 0 Å². The van der Waals surface area contributed by atoms with E-state index in [-0.39, 0.29) is 11.7 Å². The van der Waals surface area contributed by atoms with Crippen molar-refractivity contribution in [3.8, 4) is 0 Å². The van der Waals surface area contributed by atoms with Crippen LogP contribution in [-0.2, 0) is 18.4 Å². The SMILES string of the molecule is Cc1c(CNC(=O)C(C)C(N)=NO)cnn1C. The lowest BCUT2D eigenvalue weighted by Crippen LogP contribution is -2.36. The van der Waals surface area contributed by atoms with Crippen LogP contribution >= 0.6 is 0 Å². The first-order chi connectivity index (χ1) is 7.97. The number of aryl methyl sites for hydroxylation is 1. The number of nitrogens with one attached hydrogen (secondary N) is 1. The Hall–Kier alpha value is -2.05. The van der Waals surface area contributed by atoms with Crippen LogP contribution in [-0.4, -0.2) is 26.7 Å². The Balaban J connectivity index is 2.57. The van der Waals surface area contributed by atoms with E-state index >= 15 is 0 Å². The number of rotatable bonds is 4. The number of aromatic nitrogens is 2. The van der Waals surface area contributed by atoms with Gasteiger partial charge in [-0.25, -0.2) is 0 Å². The molecule has 94 valence electrons. The molecule has 1 heterocycles. The van der Waals surface area contributed by atoms with Crippen LogP contribution in [0.25, 0.3) is 0 Å². The van der Waals surface area contributed by atoms with Crippen molar-refractivity contribution in [2.75, 3.05) is 0 Å². The van der Waals surface area contributed by atoms with E-state index in [2.05, 4.69) is 15.6 Å². The molecule has 1 atom stereocenters. The lowest BCUT2D eigenvalue weighted by atomic mass is 10.1. The number of amides is 1. The summed E-state index contributed by atoms with van der Waals surface area (Å²) in [6.07, 6.45) is 1.70. The molecular formula is C10H17N5O2. The summed E-state index contributed by atoms with van der Waals surface area (Å²) in [6.45, 7) is 3.86. The molecule has 0 fully saturated rings. The number of hydrogen-bond acceptors (Lipinski definition) is 4. The zero-order valence-corrected chi connectivity index (χ0v) is 10.1. The summed E-state index contributed by atoms with van der Waals surface area (Å²) in [5.41, 5.74) is 7.27. The van der Waals surface area contributed by atoms with E-state index in [9.17, 15) is 4.79 Å². The molecule has 4 N–H and O–H groups in total. The van der Waals surface area contributed by atoms with Crippen LogP contribution < -0.4 is 11.1 Å². The smallest absolute Gasteiger partial charge is 0.230 e. The van der Waals surface area contributed by atoms with Gasteiger partial charge in [-0.1, -0.05) is 5.16 Å². The highest BCUT2D eigenvalue weighted by Crippen LogP contribution is 2.05. The monoisotopic (exact) mass is 239 g/mol. The summed E-state index contributed by atoms with van der Waals surface area (Å²) < 4.78 is 1.73. The van der Waals surface area contributed by atoms with Gasteiger partial charge in [-0.05, 0) is 13.8 Å². The number of oxime groups is 1. The van der Waals surface area contributed by atoms with Crippen molar-refractivity contribution in [1.82, 2.24) is 15.1 Å². The molecule has 1 rings (SSSR count). The van der Waals surface area contributed by atoms with E-state index in [4.69, 9.17) is 10.9 Å². The Kier molecular flexibility index (Phi) is 4.08. The molecule has 7 heteroatoms. The molecule has 0 aliphatic heterocycles. The van der Waals surface area contributed by atoms with E-state index in [0.717, 1.165) is 11.3 Å². The predicted octanol–water partition coefficient (Wildman–Crippen LogP) is -0.273. The second-order valence-corrected chi connectivity index (χ2v) is 3.84. The first kappa shape index (κ1) is 13.0. The van der Waals surface area contributed by atoms with Gasteiger partial charge in [0.1, 0.15) is 0 Å². The normalized spacial score (nSPS) is 13.5. The van der Waals surface area contributed by atoms with Gasteiger partial charge < -0.3 is 16.3 Å². The summed E-state index contributed by atoms with van der Waals surface area (Å²) in [7, 11) is 1.83. The van der Waals surface area contributed by atoms with Crippen LogP contribution in [0, 0.1) is 12.8 Å². The highest BCUT2D eigenvalue weighted by Gasteiger charge is 2.17. The quantitative estimate of drug-likeness (QED) is 0.291. The Morgan fingerprint density at radius 2 is 2.41 bits per heavy atom. The predicted molar refractivity (Wildman–Crippen MR) is 62.4 cm³/mol. The van der Waals surface area contributed by atoms with Crippen molar-refractivity contribution >= 4 is 11.7 Å². The molecule has 0 aromatic carbocycles. The first-order valence-corrected chi connectivity index (χ1v) is 5.20. The molecule has 0 spiro atoms. The van der Waals surface area contributed by atoms with Gasteiger partial charge in [0.05, 0.1) is 12.1 Å². The summed E-state index contributed by atoms with van der Waals surface area (Å²) in [5.74, 6) is -1.05. The van der Waals surface area contributed by atoms with Crippen molar-refractivity contribution in [3.05, 3.63) is 17.5 Å². The average Bonchev–Trinajstić information content (AvgIpc) is 2.65. The first-order valence-electron chi connectivity index (χ1n) is 5.20. The second-order valence-electron chi connectivity index (χ2n) is 3.84. The summed E-state index contributed by atoms with van der Waals surface area (Å²) >= 11 is 0. The maximum absolute atomic E-state index is 11.6. The second kappa shape index (κ2) is 5.33. The molecule has 0 bridgehead atoms. The Morgan fingerprint density at radius 3 is 2.88 bits per heavy atom. The molecule has 1 unspecified atom stereocenters. The summed E-state index contributed by atoms with van der Waals surface area (Å²) in [4.78, 5) is 11.6. The van der Waals surface area contributed by atoms with Gasteiger partial charge >= 0.3 is 0 Å². The molecule has 0 radical (unpaired) electrons. The van der Waals surface area contributed by atoms with Crippen LogP contribution in [0.1, 0.15) is 18.2 Å². The van der Waals surface area contributed by atoms with Crippen molar-refractivity contribution in [2.24, 2.45) is 23.9 Å². The maximum Gasteiger partial charge on any atom is 0.230 e. The van der Waals surface area contributed by atoms with E-state index < -0.39 is 5.92 Å². The Labute approximate surface area is 99.3 Å². The molecule has 7 nitrogen and oxygen atoms in total. The van der Waals surface area contributed by atoms with Crippen molar-refractivity contribution < 1.29 is 10.0 Å². The minimum atomic E-state index is -0.656. The van der Waals surface area contributed by atoms with E-state index in [1.807, 2.05) is 14.0 Å². The fraction of sp³-hybridized carbons (Fsp3) is 0.500. The summed E-state index contributed by atoms with van der Waals surface area (Å²) in [6, 6.07) is 0. The highest BCUT2D eigenvalue weighted by atomic mass is 16.4. The van der Waals surface area contributed by atoms with Gasteiger partial charge in [-0.15, -0.1) is 0 Å². The number of amidine groups is 1. The zero-order chi connectivity index (χ0) is 13.0. The number of hydrogen-bond donors (Lipinski definition) is 3. The molecule has 1 aromatic rings. The fourth-order valence-corrected chi connectivity index (χ4v) is 1.27. The molecule has 17 heavy (non-hydrogen) atoms. The van der Waals surface area contributed by atoms with E-state index in [0.29, 0.717) is 6.54 Å². The third-order valence-electron chi connectivity index (χ3n) is 2.74. The zero-order valence-electron chi connectivity index (χ0n) is 10.1. The van der Waals surface area contributed by atoms with Crippen LogP contribution in [0.15, 0.2) is 11.4 Å². The number of nitrogens with two attached hydrogens (primary N) is 1. The molecular weight excluding hydrogens is 222 g/mol. The van der Waals surface area contributed by atoms with E-state index in [1.54, 1.807) is 17.8 Å². The van der Waals surface area contributed by atoms with E-state index in [1.165, 1.54) is 0 Å². The van der Waals surface area contributed by atoms with Crippen molar-refractivity contribution in [3.63, 3.8) is 0 Å². The Bertz CT molecular complexity index is 438. The van der Waals surface area contributed by atoms with Gasteiger partial charge in [-0.2, -0.15) is 5.10 Å². The molecule has 0 saturated carbocycles. The van der Waals surface area contributed by atoms with Crippen LogP contribution in [0.5, 0.6) is 0 Å². The highest BCUT2D eigenvalue weighted by molar-refractivity contribution is 6.01.